The molecule has 134 valence electrons. The van der Waals surface area contributed by atoms with Gasteiger partial charge in [0, 0.05) is 27.8 Å². The van der Waals surface area contributed by atoms with Crippen molar-refractivity contribution in [1.29, 1.82) is 0 Å². The van der Waals surface area contributed by atoms with E-state index < -0.39 is 0 Å². The molecular formula is C18H16BrN3O3S. The molecule has 3 aromatic rings. The van der Waals surface area contributed by atoms with Gasteiger partial charge in [0.25, 0.3) is 0 Å². The fourth-order valence-electron chi connectivity index (χ4n) is 2.35. The average Bonchev–Trinajstić information content (AvgIpc) is 3.12. The number of benzene rings is 1. The molecule has 0 saturated heterocycles. The van der Waals surface area contributed by atoms with E-state index >= 15 is 0 Å². The smallest absolute Gasteiger partial charge is 0.230 e. The zero-order chi connectivity index (χ0) is 18.5. The fourth-order valence-corrected chi connectivity index (χ4v) is 3.55. The van der Waals surface area contributed by atoms with Crippen LogP contribution >= 0.6 is 27.3 Å². The number of carbonyl (C=O) groups is 1. The largest absolute Gasteiger partial charge is 0.493 e. The molecule has 0 aliphatic carbocycles. The van der Waals surface area contributed by atoms with Crippen molar-refractivity contribution in [2.45, 2.75) is 6.42 Å². The number of aromatic nitrogens is 2. The Morgan fingerprint density at radius 1 is 1.19 bits per heavy atom. The van der Waals surface area contributed by atoms with Crippen LogP contribution in [-0.2, 0) is 11.2 Å². The average molecular weight is 434 g/mol. The molecule has 1 N–H and O–H groups in total. The molecule has 2 heterocycles. The van der Waals surface area contributed by atoms with Gasteiger partial charge in [0.2, 0.25) is 5.91 Å². The number of anilines is 1. The van der Waals surface area contributed by atoms with Gasteiger partial charge in [-0.15, -0.1) is 11.3 Å². The number of thiazole rings is 1. The van der Waals surface area contributed by atoms with Gasteiger partial charge in [-0.3, -0.25) is 9.78 Å². The first-order chi connectivity index (χ1) is 12.6. The molecule has 0 aliphatic heterocycles. The first-order valence-corrected chi connectivity index (χ1v) is 9.34. The van der Waals surface area contributed by atoms with Crippen molar-refractivity contribution in [2.75, 3.05) is 19.5 Å². The van der Waals surface area contributed by atoms with Gasteiger partial charge in [0.05, 0.1) is 26.3 Å². The van der Waals surface area contributed by atoms with Crippen LogP contribution in [0.4, 0.5) is 5.13 Å². The minimum absolute atomic E-state index is 0.159. The van der Waals surface area contributed by atoms with Crippen LogP contribution in [-0.4, -0.2) is 30.1 Å². The summed E-state index contributed by atoms with van der Waals surface area (Å²) in [6.07, 6.45) is 3.61. The lowest BCUT2D eigenvalue weighted by Gasteiger charge is -2.11. The Bertz CT molecular complexity index is 915. The maximum atomic E-state index is 12.4. The number of carbonyl (C=O) groups excluding carboxylic acids is 1. The highest BCUT2D eigenvalue weighted by atomic mass is 79.9. The topological polar surface area (TPSA) is 73.3 Å². The van der Waals surface area contributed by atoms with E-state index in [1.54, 1.807) is 38.7 Å². The molecule has 1 amide bonds. The van der Waals surface area contributed by atoms with Crippen LogP contribution in [0.25, 0.3) is 11.3 Å². The minimum Gasteiger partial charge on any atom is -0.493 e. The highest BCUT2D eigenvalue weighted by Crippen LogP contribution is 2.33. The summed E-state index contributed by atoms with van der Waals surface area (Å²) >= 11 is 4.85. The Balaban J connectivity index is 1.71. The molecule has 6 nitrogen and oxygen atoms in total. The van der Waals surface area contributed by atoms with Gasteiger partial charge in [0.15, 0.2) is 16.6 Å². The SMILES string of the molecule is COc1cc(Br)c(CC(=O)Nc2nc(-c3ccncc3)cs2)cc1OC. The Kier molecular flexibility index (Phi) is 5.85. The van der Waals surface area contributed by atoms with Gasteiger partial charge in [0.1, 0.15) is 0 Å². The number of nitrogens with one attached hydrogen (secondary N) is 1. The van der Waals surface area contributed by atoms with E-state index in [0.717, 1.165) is 21.3 Å². The van der Waals surface area contributed by atoms with Crippen LogP contribution in [0, 0.1) is 0 Å². The fraction of sp³-hybridized carbons (Fsp3) is 0.167. The Labute approximate surface area is 163 Å². The lowest BCUT2D eigenvalue weighted by atomic mass is 10.1. The lowest BCUT2D eigenvalue weighted by molar-refractivity contribution is -0.115. The van der Waals surface area contributed by atoms with Gasteiger partial charge < -0.3 is 14.8 Å². The van der Waals surface area contributed by atoms with Gasteiger partial charge in [-0.25, -0.2) is 4.98 Å². The summed E-state index contributed by atoms with van der Waals surface area (Å²) < 4.78 is 11.3. The van der Waals surface area contributed by atoms with E-state index in [1.807, 2.05) is 17.5 Å². The van der Waals surface area contributed by atoms with Gasteiger partial charge in [-0.1, -0.05) is 15.9 Å². The number of hydrogen-bond donors (Lipinski definition) is 1. The van der Waals surface area contributed by atoms with Crippen molar-refractivity contribution in [3.05, 3.63) is 52.1 Å². The summed E-state index contributed by atoms with van der Waals surface area (Å²) in [5, 5.41) is 5.29. The van der Waals surface area contributed by atoms with E-state index in [-0.39, 0.29) is 12.3 Å². The molecule has 3 rings (SSSR count). The lowest BCUT2D eigenvalue weighted by Crippen LogP contribution is -2.14. The van der Waals surface area contributed by atoms with Gasteiger partial charge in [-0.05, 0) is 29.8 Å². The van der Waals surface area contributed by atoms with E-state index in [1.165, 1.54) is 11.3 Å². The van der Waals surface area contributed by atoms with Crippen molar-refractivity contribution >= 4 is 38.3 Å². The summed E-state index contributed by atoms with van der Waals surface area (Å²) in [5.41, 5.74) is 2.56. The quantitative estimate of drug-likeness (QED) is 0.631. The molecular weight excluding hydrogens is 418 g/mol. The predicted octanol–water partition coefficient (Wildman–Crippen LogP) is 4.17. The van der Waals surface area contributed by atoms with Crippen LogP contribution in [0.2, 0.25) is 0 Å². The standard InChI is InChI=1S/C18H16BrN3O3S/c1-24-15-7-12(13(19)9-16(15)25-2)8-17(23)22-18-21-14(10-26-18)11-3-5-20-6-4-11/h3-7,9-10H,8H2,1-2H3,(H,21,22,23). The number of pyridine rings is 1. The third kappa shape index (κ3) is 4.20. The molecule has 0 spiro atoms. The first kappa shape index (κ1) is 18.3. The summed E-state index contributed by atoms with van der Waals surface area (Å²) in [6.45, 7) is 0. The van der Waals surface area contributed by atoms with Crippen molar-refractivity contribution in [2.24, 2.45) is 0 Å². The number of methoxy groups -OCH3 is 2. The van der Waals surface area contributed by atoms with Crippen LogP contribution < -0.4 is 14.8 Å². The van der Waals surface area contributed by atoms with Crippen molar-refractivity contribution in [3.63, 3.8) is 0 Å². The summed E-state index contributed by atoms with van der Waals surface area (Å²) in [7, 11) is 3.13. The van der Waals surface area contributed by atoms with E-state index in [0.29, 0.717) is 16.6 Å². The summed E-state index contributed by atoms with van der Waals surface area (Å²) in [5.74, 6) is 1.02. The number of nitrogens with zero attached hydrogens (tertiary/aromatic N) is 2. The first-order valence-electron chi connectivity index (χ1n) is 7.67. The zero-order valence-corrected chi connectivity index (χ0v) is 16.6. The van der Waals surface area contributed by atoms with Crippen LogP contribution in [0.3, 0.4) is 0 Å². The molecule has 8 heteroatoms. The normalized spacial score (nSPS) is 10.4. The number of hydrogen-bond acceptors (Lipinski definition) is 6. The number of rotatable bonds is 6. The molecule has 2 aromatic heterocycles. The number of amides is 1. The third-order valence-electron chi connectivity index (χ3n) is 3.63. The molecule has 26 heavy (non-hydrogen) atoms. The van der Waals surface area contributed by atoms with Crippen molar-refractivity contribution in [3.8, 4) is 22.8 Å². The molecule has 0 bridgehead atoms. The Morgan fingerprint density at radius 3 is 2.58 bits per heavy atom. The second kappa shape index (κ2) is 8.29. The van der Waals surface area contributed by atoms with Gasteiger partial charge in [-0.2, -0.15) is 0 Å². The monoisotopic (exact) mass is 433 g/mol. The zero-order valence-electron chi connectivity index (χ0n) is 14.2. The number of ether oxygens (including phenoxy) is 2. The molecule has 0 fully saturated rings. The predicted molar refractivity (Wildman–Crippen MR) is 105 cm³/mol. The van der Waals surface area contributed by atoms with E-state index in [4.69, 9.17) is 9.47 Å². The third-order valence-corrected chi connectivity index (χ3v) is 5.13. The minimum atomic E-state index is -0.159. The molecule has 0 aliphatic rings. The second-order valence-corrected chi connectivity index (χ2v) is 7.01. The maximum Gasteiger partial charge on any atom is 0.230 e. The molecule has 0 radical (unpaired) electrons. The van der Waals surface area contributed by atoms with Crippen molar-refractivity contribution < 1.29 is 14.3 Å². The number of halogens is 1. The Morgan fingerprint density at radius 2 is 1.88 bits per heavy atom. The van der Waals surface area contributed by atoms with Crippen LogP contribution in [0.5, 0.6) is 11.5 Å². The second-order valence-electron chi connectivity index (χ2n) is 5.30. The summed E-state index contributed by atoms with van der Waals surface area (Å²) in [4.78, 5) is 20.8. The molecule has 0 saturated carbocycles. The highest BCUT2D eigenvalue weighted by molar-refractivity contribution is 9.10. The molecule has 1 aromatic carbocycles. The van der Waals surface area contributed by atoms with Gasteiger partial charge >= 0.3 is 0 Å². The van der Waals surface area contributed by atoms with E-state index in [2.05, 4.69) is 31.2 Å². The highest BCUT2D eigenvalue weighted by Gasteiger charge is 2.14. The van der Waals surface area contributed by atoms with Crippen LogP contribution in [0.1, 0.15) is 5.56 Å². The molecule has 0 atom stereocenters. The molecule has 0 unspecified atom stereocenters. The Hall–Kier alpha value is -2.45. The van der Waals surface area contributed by atoms with E-state index in [9.17, 15) is 4.79 Å². The van der Waals surface area contributed by atoms with Crippen LogP contribution in [0.15, 0.2) is 46.5 Å². The van der Waals surface area contributed by atoms with Crippen molar-refractivity contribution in [1.82, 2.24) is 9.97 Å². The maximum absolute atomic E-state index is 12.4. The summed E-state index contributed by atoms with van der Waals surface area (Å²) in [6, 6.07) is 7.32.